The zero-order valence-corrected chi connectivity index (χ0v) is 18.0. The van der Waals surface area contributed by atoms with E-state index >= 15 is 0 Å². The van der Waals surface area contributed by atoms with Crippen molar-refractivity contribution in [3.8, 4) is 0 Å². The van der Waals surface area contributed by atoms with E-state index in [0.29, 0.717) is 5.56 Å². The molecule has 0 radical (unpaired) electrons. The maximum atomic E-state index is 12.7. The topological polar surface area (TPSA) is 97.4 Å². The molecule has 1 N–H and O–H groups in total. The van der Waals surface area contributed by atoms with Crippen LogP contribution in [0.1, 0.15) is 38.9 Å². The Labute approximate surface area is 180 Å². The molecule has 8 nitrogen and oxygen atoms in total. The van der Waals surface area contributed by atoms with Gasteiger partial charge in [0.25, 0.3) is 0 Å². The van der Waals surface area contributed by atoms with Gasteiger partial charge >= 0.3 is 17.2 Å². The maximum Gasteiger partial charge on any atom is 0.434 e. The number of halogens is 1. The van der Waals surface area contributed by atoms with Crippen molar-refractivity contribution in [3.05, 3.63) is 85.7 Å². The number of nitrogens with zero attached hydrogens (tertiary/aromatic N) is 3. The van der Waals surface area contributed by atoms with Crippen LogP contribution in [0, 0.1) is 6.92 Å². The number of carbonyl (C=O) groups excluding carboxylic acids is 2. The monoisotopic (exact) mass is 471 g/mol. The van der Waals surface area contributed by atoms with Gasteiger partial charge in [0.2, 0.25) is 5.78 Å². The molecule has 0 aliphatic heterocycles. The largest absolute Gasteiger partial charge is 0.459 e. The van der Waals surface area contributed by atoms with Gasteiger partial charge < -0.3 is 4.74 Å². The van der Waals surface area contributed by atoms with E-state index in [1.807, 2.05) is 31.2 Å². The standard InChI is InChI=1S/C21H19BrN4O4/c1-3-30-21(29)19-20(28)26(23-12-15-6-4-14(2)5-7-15)24-25(19)13-18(27)16-8-10-17(22)11-9-16/h4-12H,3,13H2,1-2H3/p+1/b23-12+. The third-order valence-electron chi connectivity index (χ3n) is 4.22. The summed E-state index contributed by atoms with van der Waals surface area (Å²) >= 11 is 3.32. The van der Waals surface area contributed by atoms with Crippen molar-refractivity contribution in [1.82, 2.24) is 10.0 Å². The molecule has 0 amide bonds. The van der Waals surface area contributed by atoms with Gasteiger partial charge in [-0.3, -0.25) is 4.79 Å². The Bertz CT molecular complexity index is 1150. The molecule has 0 atom stereocenters. The number of benzene rings is 2. The van der Waals surface area contributed by atoms with Crippen molar-refractivity contribution in [2.75, 3.05) is 6.61 Å². The Kier molecular flexibility index (Phi) is 6.73. The predicted octanol–water partition coefficient (Wildman–Crippen LogP) is 2.48. The van der Waals surface area contributed by atoms with Gasteiger partial charge in [0.15, 0.2) is 6.54 Å². The number of H-pyrrole nitrogens is 1. The molecule has 0 unspecified atom stereocenters. The summed E-state index contributed by atoms with van der Waals surface area (Å²) in [7, 11) is 0. The molecule has 0 spiro atoms. The van der Waals surface area contributed by atoms with Gasteiger partial charge in [-0.25, -0.2) is 9.59 Å². The van der Waals surface area contributed by atoms with Crippen molar-refractivity contribution < 1.29 is 19.0 Å². The van der Waals surface area contributed by atoms with E-state index in [1.54, 1.807) is 31.2 Å². The summed E-state index contributed by atoms with van der Waals surface area (Å²) in [6, 6.07) is 14.3. The highest BCUT2D eigenvalue weighted by molar-refractivity contribution is 9.10. The summed E-state index contributed by atoms with van der Waals surface area (Å²) < 4.78 is 6.97. The maximum absolute atomic E-state index is 12.7. The van der Waals surface area contributed by atoms with Crippen LogP contribution in [-0.4, -0.2) is 34.6 Å². The highest BCUT2D eigenvalue weighted by Crippen LogP contribution is 2.11. The quantitative estimate of drug-likeness (QED) is 0.247. The lowest BCUT2D eigenvalue weighted by atomic mass is 10.1. The van der Waals surface area contributed by atoms with Crippen LogP contribution in [0.15, 0.2) is 62.9 Å². The molecular formula is C21H20BrN4O4+. The Balaban J connectivity index is 1.94. The summed E-state index contributed by atoms with van der Waals surface area (Å²) in [5, 5.41) is 6.77. The zero-order valence-electron chi connectivity index (χ0n) is 16.5. The van der Waals surface area contributed by atoms with Crippen molar-refractivity contribution in [1.29, 1.82) is 0 Å². The van der Waals surface area contributed by atoms with Crippen LogP contribution in [0.2, 0.25) is 0 Å². The first kappa shape index (κ1) is 21.4. The van der Waals surface area contributed by atoms with Crippen LogP contribution in [0.5, 0.6) is 0 Å². The Hall–Kier alpha value is -3.33. The summed E-state index contributed by atoms with van der Waals surface area (Å²) in [4.78, 5) is 38.6. The lowest BCUT2D eigenvalue weighted by Gasteiger charge is -2.01. The normalized spacial score (nSPS) is 11.0. The van der Waals surface area contributed by atoms with E-state index in [1.165, 1.54) is 6.21 Å². The summed E-state index contributed by atoms with van der Waals surface area (Å²) in [6.45, 7) is 3.44. The first-order valence-corrected chi connectivity index (χ1v) is 10.00. The number of ketones is 1. The Morgan fingerprint density at radius 2 is 1.83 bits per heavy atom. The molecular weight excluding hydrogens is 452 g/mol. The van der Waals surface area contributed by atoms with Crippen molar-refractivity contribution >= 4 is 33.9 Å². The van der Waals surface area contributed by atoms with Crippen molar-refractivity contribution in [2.24, 2.45) is 5.10 Å². The summed E-state index contributed by atoms with van der Waals surface area (Å²) in [5.74, 6) is -1.11. The number of ether oxygens (including phenoxy) is 1. The zero-order chi connectivity index (χ0) is 21.7. The minimum Gasteiger partial charge on any atom is -0.459 e. The third-order valence-corrected chi connectivity index (χ3v) is 4.75. The van der Waals surface area contributed by atoms with Crippen LogP contribution >= 0.6 is 15.9 Å². The van der Waals surface area contributed by atoms with E-state index in [-0.39, 0.29) is 24.6 Å². The van der Waals surface area contributed by atoms with E-state index in [2.05, 4.69) is 26.2 Å². The highest BCUT2D eigenvalue weighted by Gasteiger charge is 2.31. The summed E-state index contributed by atoms with van der Waals surface area (Å²) in [5.41, 5.74) is 1.30. The number of esters is 1. The fourth-order valence-corrected chi connectivity index (χ4v) is 2.93. The number of rotatable bonds is 7. The number of aryl methyl sites for hydroxylation is 1. The van der Waals surface area contributed by atoms with Gasteiger partial charge in [-0.05, 0) is 31.5 Å². The van der Waals surface area contributed by atoms with Gasteiger partial charge in [-0.2, -0.15) is 0 Å². The summed E-state index contributed by atoms with van der Waals surface area (Å²) in [6.07, 6.45) is 1.48. The molecule has 3 aromatic rings. The van der Waals surface area contributed by atoms with Crippen molar-refractivity contribution in [3.63, 3.8) is 0 Å². The average Bonchev–Trinajstić information content (AvgIpc) is 3.03. The van der Waals surface area contributed by atoms with Gasteiger partial charge in [0, 0.05) is 14.8 Å². The molecule has 2 aromatic carbocycles. The molecule has 0 fully saturated rings. The van der Waals surface area contributed by atoms with E-state index in [4.69, 9.17) is 4.74 Å². The molecule has 0 aliphatic rings. The van der Waals surface area contributed by atoms with E-state index < -0.39 is 11.5 Å². The van der Waals surface area contributed by atoms with E-state index in [0.717, 1.165) is 25.1 Å². The molecule has 154 valence electrons. The SMILES string of the molecule is CCOC(=O)c1c(=O)n(/N=C/c2ccc(C)cc2)[nH][n+]1CC(=O)c1ccc(Br)cc1. The van der Waals surface area contributed by atoms with Crippen LogP contribution in [-0.2, 0) is 11.3 Å². The second kappa shape index (κ2) is 9.45. The average molecular weight is 472 g/mol. The molecule has 0 saturated heterocycles. The molecule has 1 heterocycles. The van der Waals surface area contributed by atoms with Gasteiger partial charge in [0.1, 0.15) is 0 Å². The highest BCUT2D eigenvalue weighted by atomic mass is 79.9. The number of hydrogen-bond donors (Lipinski definition) is 1. The Morgan fingerprint density at radius 1 is 1.17 bits per heavy atom. The minimum absolute atomic E-state index is 0.0940. The van der Waals surface area contributed by atoms with Gasteiger partial charge in [-0.1, -0.05) is 68.2 Å². The molecule has 30 heavy (non-hydrogen) atoms. The molecule has 0 aliphatic carbocycles. The number of aromatic nitrogens is 3. The Morgan fingerprint density at radius 3 is 2.47 bits per heavy atom. The number of nitrogens with one attached hydrogen (secondary N) is 1. The van der Waals surface area contributed by atoms with Crippen LogP contribution in [0.4, 0.5) is 0 Å². The number of carbonyl (C=O) groups is 2. The third kappa shape index (κ3) is 4.98. The molecule has 9 heteroatoms. The first-order valence-electron chi connectivity index (χ1n) is 9.21. The number of aromatic amines is 1. The molecule has 1 aromatic heterocycles. The van der Waals surface area contributed by atoms with Crippen LogP contribution in [0.3, 0.4) is 0 Å². The second-order valence-corrected chi connectivity index (χ2v) is 7.37. The first-order chi connectivity index (χ1) is 14.4. The fraction of sp³-hybridized carbons (Fsp3) is 0.190. The fourth-order valence-electron chi connectivity index (χ4n) is 2.66. The molecule has 3 rings (SSSR count). The minimum atomic E-state index is -0.827. The second-order valence-electron chi connectivity index (χ2n) is 6.46. The molecule has 0 saturated carbocycles. The molecule has 0 bridgehead atoms. The van der Waals surface area contributed by atoms with Crippen LogP contribution < -0.4 is 10.2 Å². The van der Waals surface area contributed by atoms with E-state index in [9.17, 15) is 14.4 Å². The smallest absolute Gasteiger partial charge is 0.434 e. The predicted molar refractivity (Wildman–Crippen MR) is 114 cm³/mol. The van der Waals surface area contributed by atoms with Gasteiger partial charge in [-0.15, -0.1) is 4.68 Å². The number of hydrogen-bond acceptors (Lipinski definition) is 5. The van der Waals surface area contributed by atoms with Crippen LogP contribution in [0.25, 0.3) is 0 Å². The van der Waals surface area contributed by atoms with Crippen molar-refractivity contribution in [2.45, 2.75) is 20.4 Å². The van der Waals surface area contributed by atoms with Gasteiger partial charge in [0.05, 0.1) is 12.8 Å². The lowest BCUT2D eigenvalue weighted by molar-refractivity contribution is -0.744. The number of Topliss-reactive ketones (excluding diaryl/α,β-unsaturated/α-hetero) is 1. The lowest BCUT2D eigenvalue weighted by Crippen LogP contribution is -2.46.